The fourth-order valence-corrected chi connectivity index (χ4v) is 4.28. The van der Waals surface area contributed by atoms with Gasteiger partial charge in [0.1, 0.15) is 11.4 Å². The Kier molecular flexibility index (Phi) is 6.76. The van der Waals surface area contributed by atoms with Crippen molar-refractivity contribution in [1.29, 1.82) is 5.26 Å². The number of benzene rings is 3. The lowest BCUT2D eigenvalue weighted by Crippen LogP contribution is -2.43. The molecule has 194 valence electrons. The van der Waals surface area contributed by atoms with E-state index in [9.17, 15) is 31.9 Å². The molecule has 0 aromatic heterocycles. The summed E-state index contributed by atoms with van der Waals surface area (Å²) < 4.78 is 54.7. The van der Waals surface area contributed by atoms with E-state index in [1.165, 1.54) is 50.2 Å². The number of halogens is 5. The number of amides is 3. The summed E-state index contributed by atoms with van der Waals surface area (Å²) in [6.45, 7) is 2.50. The van der Waals surface area contributed by atoms with Crippen LogP contribution in [0.2, 0.25) is 5.02 Å². The molecule has 6 nitrogen and oxygen atoms in total. The average Bonchev–Trinajstić information content (AvgIpc) is 3.03. The van der Waals surface area contributed by atoms with Crippen molar-refractivity contribution < 1.29 is 31.9 Å². The van der Waals surface area contributed by atoms with E-state index >= 15 is 0 Å². The molecular formula is C27H18ClF4N3O3. The summed E-state index contributed by atoms with van der Waals surface area (Å²) >= 11 is 5.88. The third kappa shape index (κ3) is 4.73. The number of rotatable bonds is 5. The number of nitrogens with zero attached hydrogens (tertiary/aromatic N) is 3. The van der Waals surface area contributed by atoms with Crippen molar-refractivity contribution in [3.8, 4) is 6.07 Å². The first-order chi connectivity index (χ1) is 17.8. The highest BCUT2D eigenvalue weighted by atomic mass is 35.5. The second-order valence-corrected chi connectivity index (χ2v) is 9.48. The Morgan fingerprint density at radius 3 is 2.29 bits per heavy atom. The molecule has 0 atom stereocenters. The van der Waals surface area contributed by atoms with E-state index < -0.39 is 46.4 Å². The molecule has 0 bridgehead atoms. The van der Waals surface area contributed by atoms with E-state index in [4.69, 9.17) is 16.9 Å². The fraction of sp³-hybridized carbons (Fsp3) is 0.185. The third-order valence-corrected chi connectivity index (χ3v) is 6.51. The highest BCUT2D eigenvalue weighted by molar-refractivity contribution is 6.30. The van der Waals surface area contributed by atoms with Gasteiger partial charge in [-0.2, -0.15) is 18.4 Å². The first kappa shape index (κ1) is 26.8. The van der Waals surface area contributed by atoms with Gasteiger partial charge in [-0.15, -0.1) is 0 Å². The van der Waals surface area contributed by atoms with Crippen LogP contribution in [-0.2, 0) is 17.5 Å². The molecule has 1 aliphatic heterocycles. The molecule has 38 heavy (non-hydrogen) atoms. The molecule has 1 saturated heterocycles. The van der Waals surface area contributed by atoms with Gasteiger partial charge in [-0.05, 0) is 74.0 Å². The quantitative estimate of drug-likeness (QED) is 0.213. The molecule has 3 aromatic rings. The third-order valence-electron chi connectivity index (χ3n) is 6.26. The fourth-order valence-electron chi connectivity index (χ4n) is 4.16. The Morgan fingerprint density at radius 1 is 1.03 bits per heavy atom. The Morgan fingerprint density at radius 2 is 1.68 bits per heavy atom. The number of imide groups is 1. The number of urea groups is 1. The molecule has 3 amide bonds. The number of hydrogen-bond donors (Lipinski definition) is 0. The van der Waals surface area contributed by atoms with Crippen LogP contribution in [0, 0.1) is 17.1 Å². The Hall–Kier alpha value is -4.23. The lowest BCUT2D eigenvalue weighted by Gasteiger charge is -2.28. The van der Waals surface area contributed by atoms with Crippen LogP contribution >= 0.6 is 11.6 Å². The zero-order valence-electron chi connectivity index (χ0n) is 19.9. The number of carbonyl (C=O) groups is 3. The first-order valence-corrected chi connectivity index (χ1v) is 11.5. The summed E-state index contributed by atoms with van der Waals surface area (Å²) in [5, 5.41) is 9.44. The lowest BCUT2D eigenvalue weighted by molar-refractivity contribution is -0.137. The van der Waals surface area contributed by atoms with E-state index in [1.807, 2.05) is 0 Å². The maximum Gasteiger partial charge on any atom is 0.417 e. The van der Waals surface area contributed by atoms with Gasteiger partial charge in [0.25, 0.3) is 5.91 Å². The number of carbonyl (C=O) groups excluding carboxylic acids is 3. The molecule has 1 aliphatic rings. The van der Waals surface area contributed by atoms with Crippen LogP contribution in [0.4, 0.5) is 28.0 Å². The lowest BCUT2D eigenvalue weighted by atomic mass is 9.96. The van der Waals surface area contributed by atoms with Crippen molar-refractivity contribution in [3.63, 3.8) is 0 Å². The van der Waals surface area contributed by atoms with Crippen LogP contribution in [-0.4, -0.2) is 28.2 Å². The standard InChI is InChI=1S/C27H18ClF4N3O3/c1-26(2)24(37)35(20-10-6-16(13-33)22(12-20)27(30,31)32)25(38)34(26)14-17-5-9-19(29)11-21(17)23(36)15-3-7-18(28)8-4-15/h3-12H,14H2,1-2H3. The molecule has 0 N–H and O–H groups in total. The molecule has 0 aliphatic carbocycles. The van der Waals surface area contributed by atoms with E-state index in [1.54, 1.807) is 0 Å². The minimum absolute atomic E-state index is 0.0560. The summed E-state index contributed by atoms with van der Waals surface area (Å²) in [4.78, 5) is 41.5. The SMILES string of the molecule is CC1(C)C(=O)N(c2ccc(C#N)c(C(F)(F)F)c2)C(=O)N1Cc1ccc(F)cc1C(=O)c1ccc(Cl)cc1. The number of ketones is 1. The molecular weight excluding hydrogens is 526 g/mol. The number of alkyl halides is 3. The van der Waals surface area contributed by atoms with Crippen LogP contribution in [0.15, 0.2) is 60.7 Å². The van der Waals surface area contributed by atoms with Gasteiger partial charge in [0.2, 0.25) is 0 Å². The van der Waals surface area contributed by atoms with Crippen molar-refractivity contribution in [3.05, 3.63) is 99.3 Å². The normalized spacial score (nSPS) is 15.1. The van der Waals surface area contributed by atoms with Crippen molar-refractivity contribution in [2.45, 2.75) is 32.1 Å². The Balaban J connectivity index is 1.73. The average molecular weight is 544 g/mol. The van der Waals surface area contributed by atoms with Gasteiger partial charge in [-0.1, -0.05) is 17.7 Å². The van der Waals surface area contributed by atoms with Crippen molar-refractivity contribution >= 4 is 35.0 Å². The summed E-state index contributed by atoms with van der Waals surface area (Å²) in [6.07, 6.45) is -4.90. The smallest absolute Gasteiger partial charge is 0.305 e. The van der Waals surface area contributed by atoms with Gasteiger partial charge in [0.15, 0.2) is 5.78 Å². The van der Waals surface area contributed by atoms with Crippen molar-refractivity contribution in [2.75, 3.05) is 4.90 Å². The maximum atomic E-state index is 14.1. The Labute approximate surface area is 219 Å². The van der Waals surface area contributed by atoms with Crippen LogP contribution in [0.1, 0.15) is 46.5 Å². The molecule has 0 radical (unpaired) electrons. The molecule has 0 unspecified atom stereocenters. The van der Waals surface area contributed by atoms with Crippen molar-refractivity contribution in [2.24, 2.45) is 0 Å². The van der Waals surface area contributed by atoms with Crippen LogP contribution < -0.4 is 4.90 Å². The zero-order valence-corrected chi connectivity index (χ0v) is 20.7. The first-order valence-electron chi connectivity index (χ1n) is 11.1. The highest BCUT2D eigenvalue weighted by Gasteiger charge is 2.52. The largest absolute Gasteiger partial charge is 0.417 e. The molecule has 1 fully saturated rings. The van der Waals surface area contributed by atoms with E-state index in [2.05, 4.69) is 0 Å². The molecule has 3 aromatic carbocycles. The zero-order chi connectivity index (χ0) is 28.0. The van der Waals surface area contributed by atoms with Crippen LogP contribution in [0.3, 0.4) is 0 Å². The molecule has 11 heteroatoms. The summed E-state index contributed by atoms with van der Waals surface area (Å²) in [5.74, 6) is -2.06. The summed E-state index contributed by atoms with van der Waals surface area (Å²) in [5.41, 5.74) is -3.46. The van der Waals surface area contributed by atoms with Crippen LogP contribution in [0.25, 0.3) is 0 Å². The van der Waals surface area contributed by atoms with Gasteiger partial charge in [0.05, 0.1) is 22.9 Å². The molecule has 0 saturated carbocycles. The predicted octanol–water partition coefficient (Wildman–Crippen LogP) is 6.35. The minimum Gasteiger partial charge on any atom is -0.305 e. The van der Waals surface area contributed by atoms with E-state index in [0.717, 1.165) is 29.2 Å². The number of hydrogen-bond acceptors (Lipinski definition) is 4. The minimum atomic E-state index is -4.90. The summed E-state index contributed by atoms with van der Waals surface area (Å²) in [7, 11) is 0. The predicted molar refractivity (Wildman–Crippen MR) is 130 cm³/mol. The van der Waals surface area contributed by atoms with Crippen LogP contribution in [0.5, 0.6) is 0 Å². The number of nitriles is 1. The maximum absolute atomic E-state index is 14.1. The topological polar surface area (TPSA) is 81.5 Å². The molecule has 0 spiro atoms. The number of anilines is 1. The second-order valence-electron chi connectivity index (χ2n) is 9.05. The summed E-state index contributed by atoms with van der Waals surface area (Å²) in [6, 6.07) is 12.4. The van der Waals surface area contributed by atoms with Crippen molar-refractivity contribution in [1.82, 2.24) is 4.90 Å². The highest BCUT2D eigenvalue weighted by Crippen LogP contribution is 2.38. The van der Waals surface area contributed by atoms with Gasteiger partial charge < -0.3 is 4.90 Å². The van der Waals surface area contributed by atoms with Gasteiger partial charge >= 0.3 is 12.2 Å². The second kappa shape index (κ2) is 9.58. The molecule has 4 rings (SSSR count). The monoisotopic (exact) mass is 543 g/mol. The van der Waals surface area contributed by atoms with E-state index in [0.29, 0.717) is 16.0 Å². The Bertz CT molecular complexity index is 1510. The molecule has 1 heterocycles. The van der Waals surface area contributed by atoms with E-state index in [-0.39, 0.29) is 28.9 Å². The van der Waals surface area contributed by atoms with Gasteiger partial charge in [-0.3, -0.25) is 9.59 Å². The van der Waals surface area contributed by atoms with Gasteiger partial charge in [0, 0.05) is 22.7 Å². The van der Waals surface area contributed by atoms with Gasteiger partial charge in [-0.25, -0.2) is 14.1 Å².